The van der Waals surface area contributed by atoms with Gasteiger partial charge in [0.05, 0.1) is 13.7 Å². The molecule has 0 spiro atoms. The summed E-state index contributed by atoms with van der Waals surface area (Å²) in [6.45, 7) is 5.76. The average Bonchev–Trinajstić information content (AvgIpc) is 3.00. The van der Waals surface area contributed by atoms with E-state index in [1.807, 2.05) is 19.1 Å². The first-order valence-corrected chi connectivity index (χ1v) is 8.67. The molecule has 0 bridgehead atoms. The van der Waals surface area contributed by atoms with Crippen LogP contribution in [0.25, 0.3) is 0 Å². The molecule has 8 heteroatoms. The third-order valence-corrected chi connectivity index (χ3v) is 4.70. The van der Waals surface area contributed by atoms with Crippen LogP contribution in [0, 0.1) is 6.92 Å². The number of amides is 1. The first-order valence-electron chi connectivity index (χ1n) is 7.85. The van der Waals surface area contributed by atoms with E-state index in [1.54, 1.807) is 7.11 Å². The van der Waals surface area contributed by atoms with Crippen LogP contribution in [0.5, 0.6) is 5.75 Å². The zero-order valence-electron chi connectivity index (χ0n) is 13.9. The number of hydrogen-bond donors (Lipinski definition) is 1. The molecule has 2 aromatic rings. The van der Waals surface area contributed by atoms with E-state index in [9.17, 15) is 4.79 Å². The van der Waals surface area contributed by atoms with E-state index >= 15 is 0 Å². The van der Waals surface area contributed by atoms with E-state index in [4.69, 9.17) is 4.74 Å². The standard InChI is InChI=1S/C16H21N5O2S/c1-12-18-19-16(24-12)17-15(22)11-20-7-9-21(10-8-20)13-3-5-14(23-2)6-4-13/h3-6H,7-11H2,1-2H3,(H,17,19,22). The molecule has 1 aliphatic rings. The van der Waals surface area contributed by atoms with Crippen LogP contribution in [0.4, 0.5) is 10.8 Å². The minimum Gasteiger partial charge on any atom is -0.497 e. The molecular formula is C16H21N5O2S. The molecule has 0 saturated carbocycles. The Balaban J connectivity index is 1.46. The Bertz CT molecular complexity index is 680. The van der Waals surface area contributed by atoms with Gasteiger partial charge in [-0.1, -0.05) is 11.3 Å². The van der Waals surface area contributed by atoms with Gasteiger partial charge in [-0.2, -0.15) is 0 Å². The molecule has 0 radical (unpaired) electrons. The predicted molar refractivity (Wildman–Crippen MR) is 94.9 cm³/mol. The summed E-state index contributed by atoms with van der Waals surface area (Å²) in [5, 5.41) is 12.0. The maximum absolute atomic E-state index is 12.1. The number of hydrogen-bond acceptors (Lipinski definition) is 7. The van der Waals surface area contributed by atoms with Crippen molar-refractivity contribution in [3.8, 4) is 5.75 Å². The summed E-state index contributed by atoms with van der Waals surface area (Å²) in [6, 6.07) is 8.08. The van der Waals surface area contributed by atoms with E-state index in [0.717, 1.165) is 36.9 Å². The Labute approximate surface area is 145 Å². The van der Waals surface area contributed by atoms with E-state index < -0.39 is 0 Å². The van der Waals surface area contributed by atoms with E-state index in [1.165, 1.54) is 17.0 Å². The van der Waals surface area contributed by atoms with Gasteiger partial charge in [-0.05, 0) is 31.2 Å². The van der Waals surface area contributed by atoms with Crippen molar-refractivity contribution >= 4 is 28.1 Å². The molecule has 1 aromatic heterocycles. The highest BCUT2D eigenvalue weighted by Gasteiger charge is 2.19. The fourth-order valence-electron chi connectivity index (χ4n) is 2.67. The quantitative estimate of drug-likeness (QED) is 0.886. The third kappa shape index (κ3) is 4.21. The number of nitrogens with one attached hydrogen (secondary N) is 1. The summed E-state index contributed by atoms with van der Waals surface area (Å²) in [5.74, 6) is 0.824. The zero-order valence-corrected chi connectivity index (χ0v) is 14.7. The summed E-state index contributed by atoms with van der Waals surface area (Å²) < 4.78 is 5.19. The average molecular weight is 347 g/mol. The number of aromatic nitrogens is 2. The highest BCUT2D eigenvalue weighted by Crippen LogP contribution is 2.20. The Morgan fingerprint density at radius 2 is 1.92 bits per heavy atom. The molecular weight excluding hydrogens is 326 g/mol. The van der Waals surface area contributed by atoms with Crippen molar-refractivity contribution in [2.45, 2.75) is 6.92 Å². The number of anilines is 2. The van der Waals surface area contributed by atoms with Gasteiger partial charge in [0.1, 0.15) is 10.8 Å². The maximum atomic E-state index is 12.1. The molecule has 1 amide bonds. The van der Waals surface area contributed by atoms with Crippen molar-refractivity contribution < 1.29 is 9.53 Å². The van der Waals surface area contributed by atoms with Crippen LogP contribution >= 0.6 is 11.3 Å². The van der Waals surface area contributed by atoms with Crippen LogP contribution in [0.1, 0.15) is 5.01 Å². The van der Waals surface area contributed by atoms with Crippen LogP contribution in [-0.2, 0) is 4.79 Å². The lowest BCUT2D eigenvalue weighted by atomic mass is 10.2. The number of aryl methyl sites for hydroxylation is 1. The molecule has 7 nitrogen and oxygen atoms in total. The highest BCUT2D eigenvalue weighted by atomic mass is 32.1. The molecule has 1 aromatic carbocycles. The van der Waals surface area contributed by atoms with Crippen LogP contribution < -0.4 is 15.0 Å². The van der Waals surface area contributed by atoms with E-state index in [-0.39, 0.29) is 5.91 Å². The maximum Gasteiger partial charge on any atom is 0.240 e. The third-order valence-electron chi connectivity index (χ3n) is 3.95. The molecule has 0 aliphatic carbocycles. The van der Waals surface area contributed by atoms with Crippen molar-refractivity contribution in [2.24, 2.45) is 0 Å². The topological polar surface area (TPSA) is 70.6 Å². The number of nitrogens with zero attached hydrogens (tertiary/aromatic N) is 4. The smallest absolute Gasteiger partial charge is 0.240 e. The van der Waals surface area contributed by atoms with Gasteiger partial charge >= 0.3 is 0 Å². The fraction of sp³-hybridized carbons (Fsp3) is 0.438. The molecule has 0 atom stereocenters. The number of benzene rings is 1. The second-order valence-corrected chi connectivity index (χ2v) is 6.82. The molecule has 1 saturated heterocycles. The number of ether oxygens (including phenoxy) is 1. The molecule has 2 heterocycles. The van der Waals surface area contributed by atoms with Crippen LogP contribution in [0.3, 0.4) is 0 Å². The van der Waals surface area contributed by atoms with Crippen LogP contribution in [0.15, 0.2) is 24.3 Å². The Kier molecular flexibility index (Phi) is 5.27. The van der Waals surface area contributed by atoms with E-state index in [2.05, 4.69) is 37.4 Å². The van der Waals surface area contributed by atoms with Gasteiger partial charge in [-0.3, -0.25) is 15.0 Å². The largest absolute Gasteiger partial charge is 0.497 e. The molecule has 1 fully saturated rings. The summed E-state index contributed by atoms with van der Waals surface area (Å²) in [7, 11) is 1.67. The zero-order chi connectivity index (χ0) is 16.9. The van der Waals surface area contributed by atoms with Gasteiger partial charge in [0.2, 0.25) is 11.0 Å². The second-order valence-electron chi connectivity index (χ2n) is 5.64. The van der Waals surface area contributed by atoms with Gasteiger partial charge in [-0.15, -0.1) is 10.2 Å². The minimum absolute atomic E-state index is 0.0379. The number of methoxy groups -OCH3 is 1. The van der Waals surface area contributed by atoms with Crippen molar-refractivity contribution in [3.63, 3.8) is 0 Å². The highest BCUT2D eigenvalue weighted by molar-refractivity contribution is 7.15. The Hall–Kier alpha value is -2.19. The van der Waals surface area contributed by atoms with Crippen LogP contribution in [-0.4, -0.2) is 60.8 Å². The number of rotatable bonds is 5. The van der Waals surface area contributed by atoms with Crippen molar-refractivity contribution in [1.29, 1.82) is 0 Å². The van der Waals surface area contributed by atoms with Gasteiger partial charge in [0.15, 0.2) is 0 Å². The molecule has 1 aliphatic heterocycles. The van der Waals surface area contributed by atoms with Gasteiger partial charge in [-0.25, -0.2) is 0 Å². The molecule has 24 heavy (non-hydrogen) atoms. The van der Waals surface area contributed by atoms with Crippen LogP contribution in [0.2, 0.25) is 0 Å². The minimum atomic E-state index is -0.0379. The number of piperazine rings is 1. The molecule has 3 rings (SSSR count). The Morgan fingerprint density at radius 3 is 2.50 bits per heavy atom. The second kappa shape index (κ2) is 7.59. The fourth-order valence-corrected chi connectivity index (χ4v) is 3.27. The lowest BCUT2D eigenvalue weighted by Gasteiger charge is -2.35. The first kappa shape index (κ1) is 16.7. The van der Waals surface area contributed by atoms with Crippen molar-refractivity contribution in [3.05, 3.63) is 29.3 Å². The Morgan fingerprint density at radius 1 is 1.21 bits per heavy atom. The monoisotopic (exact) mass is 347 g/mol. The molecule has 128 valence electrons. The lowest BCUT2D eigenvalue weighted by molar-refractivity contribution is -0.117. The lowest BCUT2D eigenvalue weighted by Crippen LogP contribution is -2.48. The summed E-state index contributed by atoms with van der Waals surface area (Å²) in [5.41, 5.74) is 1.18. The van der Waals surface area contributed by atoms with Gasteiger partial charge in [0, 0.05) is 31.9 Å². The number of carbonyl (C=O) groups excluding carboxylic acids is 1. The van der Waals surface area contributed by atoms with Gasteiger partial charge in [0.25, 0.3) is 0 Å². The number of carbonyl (C=O) groups is 1. The summed E-state index contributed by atoms with van der Waals surface area (Å²) >= 11 is 1.39. The molecule has 1 N–H and O–H groups in total. The predicted octanol–water partition coefficient (Wildman–Crippen LogP) is 1.62. The van der Waals surface area contributed by atoms with E-state index in [0.29, 0.717) is 11.7 Å². The van der Waals surface area contributed by atoms with Gasteiger partial charge < -0.3 is 9.64 Å². The first-order chi connectivity index (χ1) is 11.6. The summed E-state index contributed by atoms with van der Waals surface area (Å²) in [4.78, 5) is 16.5. The van der Waals surface area contributed by atoms with Crippen molar-refractivity contribution in [2.75, 3.05) is 50.1 Å². The SMILES string of the molecule is COc1ccc(N2CCN(CC(=O)Nc3nnc(C)s3)CC2)cc1. The summed E-state index contributed by atoms with van der Waals surface area (Å²) in [6.07, 6.45) is 0. The normalized spacial score (nSPS) is 15.3. The van der Waals surface area contributed by atoms with Crippen molar-refractivity contribution in [1.82, 2.24) is 15.1 Å². The molecule has 0 unspecified atom stereocenters.